The summed E-state index contributed by atoms with van der Waals surface area (Å²) in [5, 5.41) is 9.46. The van der Waals surface area contributed by atoms with Gasteiger partial charge in [0, 0.05) is 38.3 Å². The van der Waals surface area contributed by atoms with Gasteiger partial charge in [0.05, 0.1) is 5.57 Å². The van der Waals surface area contributed by atoms with Crippen molar-refractivity contribution in [1.29, 1.82) is 0 Å². The maximum Gasteiger partial charge on any atom is 0.163 e. The molecular weight excluding hydrogens is 281 g/mol. The van der Waals surface area contributed by atoms with Crippen molar-refractivity contribution in [3.05, 3.63) is 35.4 Å². The molecule has 1 rings (SSSR count). The summed E-state index contributed by atoms with van der Waals surface area (Å²) in [6.45, 7) is 2.65. The van der Waals surface area contributed by atoms with E-state index in [0.29, 0.717) is 5.56 Å². The monoisotopic (exact) mass is 293 g/mol. The number of phenols is 1. The van der Waals surface area contributed by atoms with Crippen LogP contribution in [0.2, 0.25) is 0 Å². The summed E-state index contributed by atoms with van der Waals surface area (Å²) in [4.78, 5) is 22.3. The van der Waals surface area contributed by atoms with Crippen molar-refractivity contribution >= 4 is 17.6 Å². The molecule has 0 spiro atoms. The molecule has 1 N–H and O–H groups in total. The van der Waals surface area contributed by atoms with E-state index >= 15 is 0 Å². The van der Waals surface area contributed by atoms with Gasteiger partial charge in [-0.1, -0.05) is 18.2 Å². The maximum atomic E-state index is 11.1. The van der Waals surface area contributed by atoms with Gasteiger partial charge < -0.3 is 5.11 Å². The molecular formula is C12H12O3Y. The molecule has 0 fully saturated rings. The largest absolute Gasteiger partial charge is 0.507 e. The Hall–Kier alpha value is -0.796. The van der Waals surface area contributed by atoms with Crippen molar-refractivity contribution in [2.45, 2.75) is 13.8 Å². The van der Waals surface area contributed by atoms with Crippen molar-refractivity contribution in [2.75, 3.05) is 0 Å². The average molecular weight is 293 g/mol. The van der Waals surface area contributed by atoms with Crippen molar-refractivity contribution in [3.63, 3.8) is 0 Å². The van der Waals surface area contributed by atoms with Crippen LogP contribution in [0.4, 0.5) is 0 Å². The molecule has 0 atom stereocenters. The second-order valence-corrected chi connectivity index (χ2v) is 3.23. The number of aromatic hydroxyl groups is 1. The molecule has 0 heterocycles. The molecule has 0 aliphatic carbocycles. The standard InChI is InChI=1S/C12H12O3.Y/c1-8(13)11(9(2)14)7-10-5-3-4-6-12(10)15;/h3-7,15H,1-2H3;. The molecule has 1 radical (unpaired) electrons. The zero-order valence-electron chi connectivity index (χ0n) is 9.23. The van der Waals surface area contributed by atoms with Gasteiger partial charge in [0.2, 0.25) is 0 Å². The first-order chi connectivity index (χ1) is 7.02. The van der Waals surface area contributed by atoms with Gasteiger partial charge in [-0.05, 0) is 26.0 Å². The zero-order chi connectivity index (χ0) is 11.4. The molecule has 0 aliphatic rings. The Balaban J connectivity index is 0.00000225. The number of carbonyl (C=O) groups is 2. The Kier molecular flexibility index (Phi) is 6.38. The molecule has 1 aromatic rings. The Morgan fingerprint density at radius 3 is 2.06 bits per heavy atom. The van der Waals surface area contributed by atoms with E-state index in [0.717, 1.165) is 0 Å². The van der Waals surface area contributed by atoms with E-state index in [9.17, 15) is 14.7 Å². The molecule has 0 aromatic heterocycles. The summed E-state index contributed by atoms with van der Waals surface area (Å²) in [5.74, 6) is -0.547. The molecule has 0 bridgehead atoms. The van der Waals surface area contributed by atoms with Gasteiger partial charge in [0.25, 0.3) is 0 Å². The molecule has 0 saturated carbocycles. The molecule has 4 heteroatoms. The number of ketones is 2. The third kappa shape index (κ3) is 3.99. The quantitative estimate of drug-likeness (QED) is 0.526. The van der Waals surface area contributed by atoms with Gasteiger partial charge in [-0.25, -0.2) is 0 Å². The first kappa shape index (κ1) is 15.2. The second-order valence-electron chi connectivity index (χ2n) is 3.23. The van der Waals surface area contributed by atoms with Crippen LogP contribution < -0.4 is 0 Å². The third-order valence-corrected chi connectivity index (χ3v) is 2.00. The Morgan fingerprint density at radius 2 is 1.62 bits per heavy atom. The van der Waals surface area contributed by atoms with Crippen molar-refractivity contribution < 1.29 is 47.4 Å². The first-order valence-electron chi connectivity index (χ1n) is 4.54. The Morgan fingerprint density at radius 1 is 1.12 bits per heavy atom. The van der Waals surface area contributed by atoms with E-state index in [1.165, 1.54) is 26.0 Å². The van der Waals surface area contributed by atoms with Gasteiger partial charge in [0.1, 0.15) is 5.75 Å². The molecule has 81 valence electrons. The van der Waals surface area contributed by atoms with Crippen LogP contribution in [0.1, 0.15) is 19.4 Å². The van der Waals surface area contributed by atoms with Crippen LogP contribution in [0.5, 0.6) is 5.75 Å². The molecule has 0 saturated heterocycles. The summed E-state index contributed by atoms with van der Waals surface area (Å²) in [7, 11) is 0. The maximum absolute atomic E-state index is 11.1. The van der Waals surface area contributed by atoms with Gasteiger partial charge >= 0.3 is 0 Å². The van der Waals surface area contributed by atoms with Crippen LogP contribution >= 0.6 is 0 Å². The van der Waals surface area contributed by atoms with E-state index in [2.05, 4.69) is 0 Å². The fourth-order valence-electron chi connectivity index (χ4n) is 1.22. The molecule has 0 amide bonds. The van der Waals surface area contributed by atoms with Crippen LogP contribution in [0, 0.1) is 0 Å². The zero-order valence-corrected chi connectivity index (χ0v) is 12.1. The van der Waals surface area contributed by atoms with Crippen molar-refractivity contribution in [2.24, 2.45) is 0 Å². The van der Waals surface area contributed by atoms with Crippen LogP contribution in [0.3, 0.4) is 0 Å². The first-order valence-corrected chi connectivity index (χ1v) is 4.54. The van der Waals surface area contributed by atoms with Crippen molar-refractivity contribution in [3.8, 4) is 5.75 Å². The number of Topliss-reactive ketones (excluding diaryl/α,β-unsaturated/α-hetero) is 2. The van der Waals surface area contributed by atoms with E-state index in [-0.39, 0.29) is 55.6 Å². The smallest absolute Gasteiger partial charge is 0.163 e. The predicted octanol–water partition coefficient (Wildman–Crippen LogP) is 1.95. The van der Waals surface area contributed by atoms with Gasteiger partial charge in [-0.3, -0.25) is 9.59 Å². The summed E-state index contributed by atoms with van der Waals surface area (Å²) in [5.41, 5.74) is 0.564. The Labute approximate surface area is 119 Å². The number of phenolic OH excluding ortho intramolecular Hbond substituents is 1. The van der Waals surface area contributed by atoms with E-state index < -0.39 is 0 Å². The number of carbonyl (C=O) groups excluding carboxylic acids is 2. The number of hydrogen-bond donors (Lipinski definition) is 1. The molecule has 0 aliphatic heterocycles. The number of allylic oxidation sites excluding steroid dienone is 1. The topological polar surface area (TPSA) is 54.4 Å². The summed E-state index contributed by atoms with van der Waals surface area (Å²) in [6, 6.07) is 6.54. The fourth-order valence-corrected chi connectivity index (χ4v) is 1.22. The fraction of sp³-hybridized carbons (Fsp3) is 0.167. The second kappa shape index (κ2) is 6.71. The Bertz CT molecular complexity index is 420. The van der Waals surface area contributed by atoms with Crippen LogP contribution in [-0.2, 0) is 42.3 Å². The molecule has 1 aromatic carbocycles. The number of rotatable bonds is 3. The number of para-hydroxylation sites is 1. The predicted molar refractivity (Wildman–Crippen MR) is 57.4 cm³/mol. The van der Waals surface area contributed by atoms with Crippen molar-refractivity contribution in [1.82, 2.24) is 0 Å². The number of hydrogen-bond acceptors (Lipinski definition) is 3. The summed E-state index contributed by atoms with van der Waals surface area (Å²) >= 11 is 0. The normalized spacial score (nSPS) is 8.88. The SMILES string of the molecule is CC(=O)C(=Cc1ccccc1O)C(C)=O.[Y]. The van der Waals surface area contributed by atoms with E-state index in [4.69, 9.17) is 0 Å². The summed E-state index contributed by atoms with van der Waals surface area (Å²) in [6.07, 6.45) is 1.40. The van der Waals surface area contributed by atoms with Crippen LogP contribution in [-0.4, -0.2) is 16.7 Å². The minimum Gasteiger partial charge on any atom is -0.507 e. The molecule has 16 heavy (non-hydrogen) atoms. The molecule has 0 unspecified atom stereocenters. The minimum absolute atomic E-state index is 0. The van der Waals surface area contributed by atoms with Gasteiger partial charge in [0.15, 0.2) is 11.6 Å². The average Bonchev–Trinajstić information content (AvgIpc) is 2.15. The third-order valence-electron chi connectivity index (χ3n) is 2.00. The summed E-state index contributed by atoms with van der Waals surface area (Å²) < 4.78 is 0. The molecule has 3 nitrogen and oxygen atoms in total. The van der Waals surface area contributed by atoms with Crippen LogP contribution in [0.15, 0.2) is 29.8 Å². The van der Waals surface area contributed by atoms with Gasteiger partial charge in [-0.15, -0.1) is 0 Å². The van der Waals surface area contributed by atoms with E-state index in [1.54, 1.807) is 18.2 Å². The van der Waals surface area contributed by atoms with Gasteiger partial charge in [-0.2, -0.15) is 0 Å². The van der Waals surface area contributed by atoms with Crippen LogP contribution in [0.25, 0.3) is 6.08 Å². The number of benzene rings is 1. The minimum atomic E-state index is -0.300. The van der Waals surface area contributed by atoms with E-state index in [1.807, 2.05) is 0 Å².